The molecule has 0 radical (unpaired) electrons. The van der Waals surface area contributed by atoms with Crippen LogP contribution in [0.1, 0.15) is 22.6 Å². The van der Waals surface area contributed by atoms with Gasteiger partial charge in [-0.2, -0.15) is 17.5 Å². The van der Waals surface area contributed by atoms with E-state index in [9.17, 15) is 30.8 Å². The second-order valence-corrected chi connectivity index (χ2v) is 13.1. The third kappa shape index (κ3) is 7.27. The topological polar surface area (TPSA) is 64.2 Å². The maximum absolute atomic E-state index is 14.2. The Morgan fingerprint density at radius 2 is 1.70 bits per heavy atom. The third-order valence-electron chi connectivity index (χ3n) is 7.51. The van der Waals surface area contributed by atoms with Crippen molar-refractivity contribution in [2.24, 2.45) is 0 Å². The highest BCUT2D eigenvalue weighted by Crippen LogP contribution is 2.36. The number of benzene rings is 2. The van der Waals surface area contributed by atoms with Gasteiger partial charge in [0.25, 0.3) is 0 Å². The number of rotatable bonds is 7. The van der Waals surface area contributed by atoms with E-state index in [0.29, 0.717) is 54.9 Å². The van der Waals surface area contributed by atoms with Gasteiger partial charge < -0.3 is 4.90 Å². The van der Waals surface area contributed by atoms with Crippen molar-refractivity contribution in [1.82, 2.24) is 19.0 Å². The highest BCUT2D eigenvalue weighted by atomic mass is 35.5. The first-order valence-corrected chi connectivity index (χ1v) is 15.2. The van der Waals surface area contributed by atoms with Crippen LogP contribution in [0, 0.1) is 5.82 Å². The smallest absolute Gasteiger partial charge is 0.339 e. The number of halogens is 6. The number of amides is 1. The largest absolute Gasteiger partial charge is 0.419 e. The highest BCUT2D eigenvalue weighted by molar-refractivity contribution is 7.88. The summed E-state index contributed by atoms with van der Waals surface area (Å²) >= 11 is 12.4. The molecule has 2 aliphatic rings. The van der Waals surface area contributed by atoms with Crippen molar-refractivity contribution < 1.29 is 30.8 Å². The Hall–Kier alpha value is -1.96. The van der Waals surface area contributed by atoms with Crippen molar-refractivity contribution >= 4 is 39.1 Å². The predicted octanol–water partition coefficient (Wildman–Crippen LogP) is 4.15. The molecule has 2 atom stereocenters. The van der Waals surface area contributed by atoms with Gasteiger partial charge in [-0.3, -0.25) is 14.6 Å². The molecule has 220 valence electrons. The number of carbonyl (C=O) groups is 1. The molecule has 2 aliphatic heterocycles. The molecule has 2 aromatic carbocycles. The van der Waals surface area contributed by atoms with Crippen LogP contribution >= 0.6 is 23.2 Å². The van der Waals surface area contributed by atoms with Crippen LogP contribution in [0.25, 0.3) is 0 Å². The number of piperazine rings is 1. The fraction of sp³-hybridized carbons (Fsp3) is 0.500. The van der Waals surface area contributed by atoms with Crippen molar-refractivity contribution in [3.8, 4) is 0 Å². The Kier molecular flexibility index (Phi) is 9.38. The molecule has 0 aromatic heterocycles. The molecule has 2 aromatic rings. The molecule has 2 fully saturated rings. The van der Waals surface area contributed by atoms with Crippen LogP contribution in [0.3, 0.4) is 0 Å². The molecule has 0 N–H and O–H groups in total. The lowest BCUT2D eigenvalue weighted by Crippen LogP contribution is -2.51. The van der Waals surface area contributed by atoms with Gasteiger partial charge in [0.15, 0.2) is 0 Å². The molecule has 0 bridgehead atoms. The zero-order valence-electron chi connectivity index (χ0n) is 22.0. The summed E-state index contributed by atoms with van der Waals surface area (Å²) in [6.45, 7) is 2.50. The average Bonchev–Trinajstić information content (AvgIpc) is 3.31. The Morgan fingerprint density at radius 1 is 1.02 bits per heavy atom. The van der Waals surface area contributed by atoms with E-state index in [1.807, 2.05) is 15.9 Å². The molecule has 7 nitrogen and oxygen atoms in total. The Bertz CT molecular complexity index is 1350. The van der Waals surface area contributed by atoms with Crippen molar-refractivity contribution in [2.75, 3.05) is 59.1 Å². The first-order valence-electron chi connectivity index (χ1n) is 12.6. The zero-order chi connectivity index (χ0) is 29.4. The molecule has 40 heavy (non-hydrogen) atoms. The fourth-order valence-corrected chi connectivity index (χ4v) is 6.44. The van der Waals surface area contributed by atoms with Crippen LogP contribution in [0.4, 0.5) is 17.6 Å². The summed E-state index contributed by atoms with van der Waals surface area (Å²) in [4.78, 5) is 18.9. The molecule has 2 unspecified atom stereocenters. The summed E-state index contributed by atoms with van der Waals surface area (Å²) in [7, 11) is -1.51. The SMILES string of the molecule is CN(Cc1ccc(C(F)(F)F)c(F)c1)C1CN(C(=O)CN2CCN(S(C)(=O)=O)CC2)CC1c1ccc(Cl)c(Cl)c1. The van der Waals surface area contributed by atoms with Gasteiger partial charge in [-0.1, -0.05) is 35.3 Å². The van der Waals surface area contributed by atoms with Crippen LogP contribution < -0.4 is 0 Å². The van der Waals surface area contributed by atoms with E-state index in [-0.39, 0.29) is 31.0 Å². The molecule has 1 amide bonds. The maximum Gasteiger partial charge on any atom is 0.419 e. The summed E-state index contributed by atoms with van der Waals surface area (Å²) in [6, 6.07) is 7.89. The number of alkyl halides is 3. The van der Waals surface area contributed by atoms with Gasteiger partial charge >= 0.3 is 6.18 Å². The van der Waals surface area contributed by atoms with Gasteiger partial charge in [-0.25, -0.2) is 12.8 Å². The summed E-state index contributed by atoms with van der Waals surface area (Å²) < 4.78 is 78.2. The minimum absolute atomic E-state index is 0.116. The first kappa shape index (κ1) is 31.0. The molecule has 2 heterocycles. The molecular formula is C26H30Cl2F4N4O3S. The quantitative estimate of drug-likeness (QED) is 0.433. The Balaban J connectivity index is 1.50. The monoisotopic (exact) mass is 624 g/mol. The molecule has 0 aliphatic carbocycles. The normalized spacial score (nSPS) is 21.4. The lowest BCUT2D eigenvalue weighted by atomic mass is 9.93. The lowest BCUT2D eigenvalue weighted by molar-refractivity contribution is -0.140. The van der Waals surface area contributed by atoms with E-state index >= 15 is 0 Å². The lowest BCUT2D eigenvalue weighted by Gasteiger charge is -2.33. The standard InChI is InChI=1S/C26H30Cl2F4N4O3S/c1-33(13-17-3-5-20(23(29)11-17)26(30,31)32)24-15-35(14-19(24)18-4-6-21(27)22(28)12-18)25(37)16-34-7-9-36(10-8-34)40(2,38)39/h3-6,11-12,19,24H,7-10,13-16H2,1-2H3. The number of hydrogen-bond acceptors (Lipinski definition) is 5. The van der Waals surface area contributed by atoms with Crippen LogP contribution in [0.15, 0.2) is 36.4 Å². The van der Waals surface area contributed by atoms with Crippen LogP contribution in [-0.4, -0.2) is 98.5 Å². The molecule has 14 heteroatoms. The van der Waals surface area contributed by atoms with E-state index in [1.165, 1.54) is 10.4 Å². The van der Waals surface area contributed by atoms with Crippen LogP contribution in [-0.2, 0) is 27.5 Å². The van der Waals surface area contributed by atoms with Gasteiger partial charge in [0.1, 0.15) is 5.82 Å². The van der Waals surface area contributed by atoms with Gasteiger partial charge in [0, 0.05) is 57.8 Å². The van der Waals surface area contributed by atoms with Gasteiger partial charge in [-0.15, -0.1) is 0 Å². The number of likely N-dealkylation sites (tertiary alicyclic amines) is 1. The highest BCUT2D eigenvalue weighted by Gasteiger charge is 2.39. The first-order chi connectivity index (χ1) is 18.6. The van der Waals surface area contributed by atoms with E-state index in [4.69, 9.17) is 23.2 Å². The number of sulfonamides is 1. The third-order valence-corrected chi connectivity index (χ3v) is 9.55. The molecule has 4 rings (SSSR count). The van der Waals surface area contributed by atoms with Crippen molar-refractivity contribution in [3.05, 3.63) is 69.0 Å². The van der Waals surface area contributed by atoms with Crippen molar-refractivity contribution in [1.29, 1.82) is 0 Å². The summed E-state index contributed by atoms with van der Waals surface area (Å²) in [6.07, 6.45) is -3.62. The second kappa shape index (κ2) is 12.1. The molecule has 0 spiro atoms. The van der Waals surface area contributed by atoms with E-state index in [1.54, 1.807) is 24.1 Å². The van der Waals surface area contributed by atoms with E-state index in [0.717, 1.165) is 24.0 Å². The number of nitrogens with zero attached hydrogens (tertiary/aromatic N) is 4. The van der Waals surface area contributed by atoms with Gasteiger partial charge in [0.2, 0.25) is 15.9 Å². The van der Waals surface area contributed by atoms with Gasteiger partial charge in [-0.05, 0) is 42.4 Å². The Labute approximate surface area is 241 Å². The Morgan fingerprint density at radius 3 is 2.27 bits per heavy atom. The zero-order valence-corrected chi connectivity index (χ0v) is 24.3. The summed E-state index contributed by atoms with van der Waals surface area (Å²) in [5, 5.41) is 0.744. The minimum Gasteiger partial charge on any atom is -0.339 e. The molecule has 2 saturated heterocycles. The maximum atomic E-state index is 14.2. The van der Waals surface area contributed by atoms with E-state index in [2.05, 4.69) is 0 Å². The minimum atomic E-state index is -4.78. The molecule has 0 saturated carbocycles. The summed E-state index contributed by atoms with van der Waals surface area (Å²) in [5.41, 5.74) is -0.0982. The van der Waals surface area contributed by atoms with E-state index < -0.39 is 27.6 Å². The number of likely N-dealkylation sites (N-methyl/N-ethyl adjacent to an activating group) is 1. The van der Waals surface area contributed by atoms with Crippen LogP contribution in [0.2, 0.25) is 10.0 Å². The predicted molar refractivity (Wildman–Crippen MR) is 145 cm³/mol. The number of carbonyl (C=O) groups excluding carboxylic acids is 1. The molecular weight excluding hydrogens is 595 g/mol. The number of hydrogen-bond donors (Lipinski definition) is 0. The van der Waals surface area contributed by atoms with Crippen molar-refractivity contribution in [2.45, 2.75) is 24.7 Å². The average molecular weight is 626 g/mol. The van der Waals surface area contributed by atoms with Crippen LogP contribution in [0.5, 0.6) is 0 Å². The van der Waals surface area contributed by atoms with Gasteiger partial charge in [0.05, 0.1) is 28.4 Å². The van der Waals surface area contributed by atoms with Crippen molar-refractivity contribution in [3.63, 3.8) is 0 Å². The summed E-state index contributed by atoms with van der Waals surface area (Å²) in [5.74, 6) is -1.64. The fourth-order valence-electron chi connectivity index (χ4n) is 5.31. The second-order valence-electron chi connectivity index (χ2n) is 10.3.